The Hall–Kier alpha value is -1.94. The summed E-state index contributed by atoms with van der Waals surface area (Å²) in [6.45, 7) is 14.2. The molecule has 17 nitrogen and oxygen atoms in total. The van der Waals surface area contributed by atoms with E-state index in [9.17, 15) is 43.2 Å². The monoisotopic (exact) mass is 1450 g/mol. The van der Waals surface area contributed by atoms with Gasteiger partial charge >= 0.3 is 39.5 Å². The van der Waals surface area contributed by atoms with Crippen molar-refractivity contribution in [2.75, 3.05) is 39.6 Å². The van der Waals surface area contributed by atoms with Crippen molar-refractivity contribution in [3.05, 3.63) is 0 Å². The summed E-state index contributed by atoms with van der Waals surface area (Å²) in [6.07, 6.45) is 55.7. The van der Waals surface area contributed by atoms with E-state index in [-0.39, 0.29) is 25.7 Å². The molecule has 7 atom stereocenters. The summed E-state index contributed by atoms with van der Waals surface area (Å²) >= 11 is 0. The first-order valence-electron chi connectivity index (χ1n) is 41.3. The van der Waals surface area contributed by atoms with Gasteiger partial charge in [-0.2, -0.15) is 0 Å². The molecule has 0 amide bonds. The number of carbonyl (C=O) groups is 4. The van der Waals surface area contributed by atoms with Crippen LogP contribution in [0.5, 0.6) is 0 Å². The Morgan fingerprint density at radius 3 is 0.717 bits per heavy atom. The van der Waals surface area contributed by atoms with Gasteiger partial charge in [0.25, 0.3) is 0 Å². The molecule has 4 unspecified atom stereocenters. The lowest BCUT2D eigenvalue weighted by atomic mass is 9.99. The fourth-order valence-electron chi connectivity index (χ4n) is 12.2. The van der Waals surface area contributed by atoms with Crippen molar-refractivity contribution < 1.29 is 80.2 Å². The van der Waals surface area contributed by atoms with Gasteiger partial charge in [-0.05, 0) is 49.4 Å². The van der Waals surface area contributed by atoms with Crippen LogP contribution in [0.3, 0.4) is 0 Å². The summed E-state index contributed by atoms with van der Waals surface area (Å²) in [5, 5.41) is 10.6. The van der Waals surface area contributed by atoms with Crippen LogP contribution in [0, 0.1) is 23.7 Å². The molecule has 0 aromatic heterocycles. The Labute approximate surface area is 607 Å². The molecule has 0 aliphatic heterocycles. The van der Waals surface area contributed by atoms with Gasteiger partial charge in [-0.3, -0.25) is 37.3 Å². The molecule has 3 N–H and O–H groups in total. The molecule has 0 saturated heterocycles. The molecule has 0 aromatic rings. The molecule has 0 saturated carbocycles. The summed E-state index contributed by atoms with van der Waals surface area (Å²) in [7, 11) is -9.92. The zero-order valence-corrected chi connectivity index (χ0v) is 66.9. The molecule has 0 aromatic carbocycles. The van der Waals surface area contributed by atoms with E-state index in [1.807, 2.05) is 0 Å². The lowest BCUT2D eigenvalue weighted by Crippen LogP contribution is -2.30. The van der Waals surface area contributed by atoms with E-state index >= 15 is 0 Å². The average molecular weight is 1450 g/mol. The minimum Gasteiger partial charge on any atom is -0.462 e. The number of esters is 4. The third kappa shape index (κ3) is 71.5. The Balaban J connectivity index is 5.14. The summed E-state index contributed by atoms with van der Waals surface area (Å²) in [5.74, 6) is 0.977. The van der Waals surface area contributed by atoms with E-state index in [1.165, 1.54) is 205 Å². The number of aliphatic hydroxyl groups excluding tert-OH is 1. The number of carbonyl (C=O) groups excluding carboxylic acids is 4. The van der Waals surface area contributed by atoms with Crippen molar-refractivity contribution >= 4 is 39.5 Å². The van der Waals surface area contributed by atoms with Gasteiger partial charge in [-0.15, -0.1) is 0 Å². The smallest absolute Gasteiger partial charge is 0.462 e. The minimum atomic E-state index is -4.96. The first kappa shape index (κ1) is 97.1. The second-order valence-corrected chi connectivity index (χ2v) is 33.1. The molecule has 588 valence electrons. The molecular formula is C80H156O17P2. The number of hydrogen-bond donors (Lipinski definition) is 3. The molecule has 0 bridgehead atoms. The molecule has 0 rings (SSSR count). The van der Waals surface area contributed by atoms with Crippen molar-refractivity contribution in [2.24, 2.45) is 23.7 Å². The second-order valence-electron chi connectivity index (χ2n) is 30.2. The van der Waals surface area contributed by atoms with E-state index in [0.717, 1.165) is 114 Å². The zero-order chi connectivity index (χ0) is 73.1. The van der Waals surface area contributed by atoms with Crippen LogP contribution >= 0.6 is 15.6 Å². The number of rotatable bonds is 77. The van der Waals surface area contributed by atoms with Crippen molar-refractivity contribution in [3.63, 3.8) is 0 Å². The third-order valence-electron chi connectivity index (χ3n) is 19.3. The molecule has 0 fully saturated rings. The van der Waals surface area contributed by atoms with Gasteiger partial charge in [0.1, 0.15) is 19.3 Å². The minimum absolute atomic E-state index is 0.103. The predicted octanol–water partition coefficient (Wildman–Crippen LogP) is 23.6. The SMILES string of the molecule is CCC(C)CCCCCCCCCCCCCCCCCCCCC(=O)O[C@H](COC(=O)CCCCCCCCC(C)CC)COP(=O)(O)OC[C@H](O)COP(=O)(O)OC[C@@H](COC(=O)CCCCCCCCCCCCCCCCC(C)C)OC(=O)CCCCCCCCCC(C)C. The van der Waals surface area contributed by atoms with E-state index in [0.29, 0.717) is 31.6 Å². The second kappa shape index (κ2) is 69.1. The third-order valence-corrected chi connectivity index (χ3v) is 21.2. The van der Waals surface area contributed by atoms with E-state index < -0.39 is 97.5 Å². The molecule has 0 aliphatic carbocycles. The highest BCUT2D eigenvalue weighted by Gasteiger charge is 2.30. The van der Waals surface area contributed by atoms with Crippen LogP contribution in [-0.4, -0.2) is 96.7 Å². The largest absolute Gasteiger partial charge is 0.472 e. The van der Waals surface area contributed by atoms with E-state index in [4.69, 9.17) is 37.0 Å². The molecule has 19 heteroatoms. The summed E-state index contributed by atoms with van der Waals surface area (Å²) in [4.78, 5) is 72.9. The fourth-order valence-corrected chi connectivity index (χ4v) is 13.8. The van der Waals surface area contributed by atoms with Gasteiger partial charge < -0.3 is 33.8 Å². The van der Waals surface area contributed by atoms with Crippen LogP contribution in [0.1, 0.15) is 409 Å². The maximum Gasteiger partial charge on any atom is 0.472 e. The number of hydrogen-bond acceptors (Lipinski definition) is 15. The van der Waals surface area contributed by atoms with Crippen LogP contribution < -0.4 is 0 Å². The van der Waals surface area contributed by atoms with Crippen LogP contribution in [0.25, 0.3) is 0 Å². The maximum atomic E-state index is 13.1. The summed E-state index contributed by atoms with van der Waals surface area (Å²) in [5.41, 5.74) is 0. The van der Waals surface area contributed by atoms with Crippen LogP contribution in [0.15, 0.2) is 0 Å². The lowest BCUT2D eigenvalue weighted by molar-refractivity contribution is -0.161. The quantitative estimate of drug-likeness (QED) is 0.0222. The summed E-state index contributed by atoms with van der Waals surface area (Å²) in [6, 6.07) is 0. The van der Waals surface area contributed by atoms with Gasteiger partial charge in [0.05, 0.1) is 26.4 Å². The molecule has 99 heavy (non-hydrogen) atoms. The highest BCUT2D eigenvalue weighted by molar-refractivity contribution is 7.47. The zero-order valence-electron chi connectivity index (χ0n) is 65.1. The Bertz CT molecular complexity index is 1940. The Kier molecular flexibility index (Phi) is 67.8. The highest BCUT2D eigenvalue weighted by atomic mass is 31.2. The molecule has 0 aliphatic rings. The van der Waals surface area contributed by atoms with Crippen molar-refractivity contribution in [1.82, 2.24) is 0 Å². The normalized spacial score (nSPS) is 14.6. The maximum absolute atomic E-state index is 13.1. The number of unbranched alkanes of at least 4 members (excludes halogenated alkanes) is 41. The van der Waals surface area contributed by atoms with E-state index in [1.54, 1.807) is 0 Å². The predicted molar refractivity (Wildman–Crippen MR) is 404 cm³/mol. The number of ether oxygens (including phenoxy) is 4. The van der Waals surface area contributed by atoms with Gasteiger partial charge in [0.15, 0.2) is 12.2 Å². The molecular weight excluding hydrogens is 1290 g/mol. The summed E-state index contributed by atoms with van der Waals surface area (Å²) < 4.78 is 68.6. The Morgan fingerprint density at radius 2 is 0.485 bits per heavy atom. The van der Waals surface area contributed by atoms with E-state index in [2.05, 4.69) is 55.4 Å². The first-order valence-corrected chi connectivity index (χ1v) is 44.3. The Morgan fingerprint density at radius 1 is 0.283 bits per heavy atom. The number of phosphoric acid groups is 2. The van der Waals surface area contributed by atoms with Gasteiger partial charge in [-0.1, -0.05) is 357 Å². The van der Waals surface area contributed by atoms with Crippen molar-refractivity contribution in [3.8, 4) is 0 Å². The van der Waals surface area contributed by atoms with Gasteiger partial charge in [-0.25, -0.2) is 9.13 Å². The number of phosphoric ester groups is 2. The first-order chi connectivity index (χ1) is 47.7. The number of aliphatic hydroxyl groups is 1. The van der Waals surface area contributed by atoms with Crippen LogP contribution in [-0.2, 0) is 65.4 Å². The average Bonchev–Trinajstić information content (AvgIpc) is 0.972. The van der Waals surface area contributed by atoms with Crippen LogP contribution in [0.4, 0.5) is 0 Å². The topological polar surface area (TPSA) is 237 Å². The lowest BCUT2D eigenvalue weighted by Gasteiger charge is -2.21. The highest BCUT2D eigenvalue weighted by Crippen LogP contribution is 2.45. The van der Waals surface area contributed by atoms with Crippen molar-refractivity contribution in [2.45, 2.75) is 427 Å². The molecule has 0 spiro atoms. The molecule has 0 radical (unpaired) electrons. The van der Waals surface area contributed by atoms with Gasteiger partial charge in [0, 0.05) is 25.7 Å². The fraction of sp³-hybridized carbons (Fsp3) is 0.950. The standard InChI is InChI=1S/C80H156O17P2/c1-9-72(7)58-50-42-34-28-24-20-15-13-11-12-14-16-22-26-30-36-46-54-62-79(84)96-76(67-91-78(83)61-53-45-39-38-43-51-59-73(8)10-2)69-95-99(88,89)93-65-74(81)64-92-98(86,87)94-68-75(97-80(85)63-55-47-37-31-33-41-49-57-71(5)6)66-90-77(82)60-52-44-35-29-25-21-18-17-19-23-27-32-40-48-56-70(3)4/h70-76,81H,9-69H2,1-8H3,(H,86,87)(H,88,89)/t72?,73?,74-,75-,76-/m1/s1. The molecule has 0 heterocycles. The van der Waals surface area contributed by atoms with Crippen LogP contribution in [0.2, 0.25) is 0 Å². The van der Waals surface area contributed by atoms with Crippen molar-refractivity contribution in [1.29, 1.82) is 0 Å². The van der Waals surface area contributed by atoms with Gasteiger partial charge in [0.2, 0.25) is 0 Å².